The van der Waals surface area contributed by atoms with Gasteiger partial charge < -0.3 is 15.4 Å². The molecular formula is C10H17N3O. The third-order valence-corrected chi connectivity index (χ3v) is 1.93. The molecule has 1 rings (SSSR count). The Kier molecular flexibility index (Phi) is 3.85. The molecule has 1 unspecified atom stereocenters. The first kappa shape index (κ1) is 10.9. The van der Waals surface area contributed by atoms with E-state index in [4.69, 9.17) is 10.5 Å². The molecule has 0 fully saturated rings. The molecule has 4 heteroatoms. The zero-order chi connectivity index (χ0) is 10.6. The van der Waals surface area contributed by atoms with E-state index < -0.39 is 0 Å². The van der Waals surface area contributed by atoms with Crippen LogP contribution >= 0.6 is 0 Å². The molecule has 0 aliphatic heterocycles. The van der Waals surface area contributed by atoms with Gasteiger partial charge in [-0.05, 0) is 26.2 Å². The predicted octanol–water partition coefficient (Wildman–Crippen LogP) is 0.652. The summed E-state index contributed by atoms with van der Waals surface area (Å²) in [7, 11) is 5.59. The lowest BCUT2D eigenvalue weighted by molar-refractivity contribution is 0.357. The average Bonchev–Trinajstić information content (AvgIpc) is 2.16. The number of hydrogen-bond donors (Lipinski definition) is 1. The van der Waals surface area contributed by atoms with E-state index in [2.05, 4.69) is 4.98 Å². The van der Waals surface area contributed by atoms with Gasteiger partial charge >= 0.3 is 0 Å². The van der Waals surface area contributed by atoms with Gasteiger partial charge in [0.1, 0.15) is 11.4 Å². The molecule has 0 bridgehead atoms. The fourth-order valence-electron chi connectivity index (χ4n) is 1.33. The number of methoxy groups -OCH3 is 1. The number of nitrogens with two attached hydrogens (primary N) is 1. The minimum absolute atomic E-state index is 0.110. The summed E-state index contributed by atoms with van der Waals surface area (Å²) >= 11 is 0. The Morgan fingerprint density at radius 2 is 2.29 bits per heavy atom. The third kappa shape index (κ3) is 2.68. The standard InChI is InChI=1S/C10H17N3O/c1-13(2)7-8(11)10-9(14-3)5-4-6-12-10/h4-6,8H,7,11H2,1-3H3. The van der Waals surface area contributed by atoms with E-state index in [1.807, 2.05) is 31.1 Å². The summed E-state index contributed by atoms with van der Waals surface area (Å²) in [6, 6.07) is 3.60. The smallest absolute Gasteiger partial charge is 0.142 e. The van der Waals surface area contributed by atoms with Gasteiger partial charge in [0.05, 0.1) is 13.2 Å². The summed E-state index contributed by atoms with van der Waals surface area (Å²) < 4.78 is 5.19. The van der Waals surface area contributed by atoms with Crippen LogP contribution in [0.4, 0.5) is 0 Å². The van der Waals surface area contributed by atoms with Gasteiger partial charge in [-0.15, -0.1) is 0 Å². The molecule has 1 atom stereocenters. The zero-order valence-corrected chi connectivity index (χ0v) is 8.90. The Morgan fingerprint density at radius 3 is 2.86 bits per heavy atom. The van der Waals surface area contributed by atoms with Gasteiger partial charge in [-0.3, -0.25) is 4.98 Å². The van der Waals surface area contributed by atoms with E-state index in [0.717, 1.165) is 18.0 Å². The van der Waals surface area contributed by atoms with Crippen molar-refractivity contribution < 1.29 is 4.74 Å². The maximum atomic E-state index is 5.99. The van der Waals surface area contributed by atoms with E-state index in [1.165, 1.54) is 0 Å². The minimum atomic E-state index is -0.110. The van der Waals surface area contributed by atoms with Crippen molar-refractivity contribution in [2.24, 2.45) is 5.73 Å². The molecule has 14 heavy (non-hydrogen) atoms. The van der Waals surface area contributed by atoms with Crippen molar-refractivity contribution in [3.8, 4) is 5.75 Å². The van der Waals surface area contributed by atoms with Crippen molar-refractivity contribution >= 4 is 0 Å². The van der Waals surface area contributed by atoms with Crippen molar-refractivity contribution in [3.05, 3.63) is 24.0 Å². The number of likely N-dealkylation sites (N-methyl/N-ethyl adjacent to an activating group) is 1. The van der Waals surface area contributed by atoms with Crippen LogP contribution < -0.4 is 10.5 Å². The van der Waals surface area contributed by atoms with Crippen LogP contribution in [0.5, 0.6) is 5.75 Å². The first-order chi connectivity index (χ1) is 6.65. The van der Waals surface area contributed by atoms with Crippen LogP contribution in [0.25, 0.3) is 0 Å². The molecule has 4 nitrogen and oxygen atoms in total. The number of hydrogen-bond acceptors (Lipinski definition) is 4. The first-order valence-electron chi connectivity index (χ1n) is 4.54. The van der Waals surface area contributed by atoms with Gasteiger partial charge in [0.2, 0.25) is 0 Å². The normalized spacial score (nSPS) is 12.9. The molecule has 0 saturated carbocycles. The summed E-state index contributed by atoms with van der Waals surface area (Å²) in [5.74, 6) is 0.752. The van der Waals surface area contributed by atoms with Gasteiger partial charge in [0, 0.05) is 12.7 Å². The van der Waals surface area contributed by atoms with Gasteiger partial charge in [0.15, 0.2) is 0 Å². The van der Waals surface area contributed by atoms with E-state index in [-0.39, 0.29) is 6.04 Å². The van der Waals surface area contributed by atoms with Crippen molar-refractivity contribution in [1.29, 1.82) is 0 Å². The number of ether oxygens (including phenoxy) is 1. The second kappa shape index (κ2) is 4.93. The number of rotatable bonds is 4. The minimum Gasteiger partial charge on any atom is -0.495 e. The summed E-state index contributed by atoms with van der Waals surface area (Å²) in [4.78, 5) is 6.25. The highest BCUT2D eigenvalue weighted by atomic mass is 16.5. The highest BCUT2D eigenvalue weighted by Gasteiger charge is 2.13. The molecule has 78 valence electrons. The monoisotopic (exact) mass is 195 g/mol. The second-order valence-corrected chi connectivity index (χ2v) is 3.46. The van der Waals surface area contributed by atoms with Gasteiger partial charge in [-0.2, -0.15) is 0 Å². The summed E-state index contributed by atoms with van der Waals surface area (Å²) in [5, 5.41) is 0. The lowest BCUT2D eigenvalue weighted by Crippen LogP contribution is -2.27. The molecule has 0 aliphatic carbocycles. The molecule has 2 N–H and O–H groups in total. The maximum Gasteiger partial charge on any atom is 0.142 e. The Balaban J connectivity index is 2.82. The van der Waals surface area contributed by atoms with Crippen LogP contribution in [0.15, 0.2) is 18.3 Å². The molecule has 0 saturated heterocycles. The van der Waals surface area contributed by atoms with Crippen LogP contribution in [0.3, 0.4) is 0 Å². The number of pyridine rings is 1. The summed E-state index contributed by atoms with van der Waals surface area (Å²) in [5.41, 5.74) is 6.80. The van der Waals surface area contributed by atoms with Crippen LogP contribution in [0.1, 0.15) is 11.7 Å². The van der Waals surface area contributed by atoms with Crippen LogP contribution in [0, 0.1) is 0 Å². The molecule has 0 radical (unpaired) electrons. The SMILES string of the molecule is COc1cccnc1C(N)CN(C)C. The van der Waals surface area contributed by atoms with Gasteiger partial charge in [0.25, 0.3) is 0 Å². The van der Waals surface area contributed by atoms with Crippen LogP contribution in [-0.2, 0) is 0 Å². The highest BCUT2D eigenvalue weighted by molar-refractivity contribution is 5.29. The molecule has 1 aromatic heterocycles. The van der Waals surface area contributed by atoms with Crippen molar-refractivity contribution in [2.45, 2.75) is 6.04 Å². The van der Waals surface area contributed by atoms with E-state index in [1.54, 1.807) is 13.3 Å². The van der Waals surface area contributed by atoms with Crippen molar-refractivity contribution in [3.63, 3.8) is 0 Å². The van der Waals surface area contributed by atoms with Crippen molar-refractivity contribution in [2.75, 3.05) is 27.7 Å². The number of aromatic nitrogens is 1. The molecule has 0 aromatic carbocycles. The summed E-state index contributed by atoms with van der Waals surface area (Å²) in [6.45, 7) is 0.757. The molecule has 1 aromatic rings. The highest BCUT2D eigenvalue weighted by Crippen LogP contribution is 2.20. The van der Waals surface area contributed by atoms with Gasteiger partial charge in [-0.25, -0.2) is 0 Å². The van der Waals surface area contributed by atoms with Gasteiger partial charge in [-0.1, -0.05) is 0 Å². The lowest BCUT2D eigenvalue weighted by Gasteiger charge is -2.18. The quantitative estimate of drug-likeness (QED) is 0.766. The Labute approximate surface area is 84.7 Å². The molecular weight excluding hydrogens is 178 g/mol. The van der Waals surface area contributed by atoms with E-state index >= 15 is 0 Å². The van der Waals surface area contributed by atoms with Crippen LogP contribution in [-0.4, -0.2) is 37.6 Å². The first-order valence-corrected chi connectivity index (χ1v) is 4.54. The van der Waals surface area contributed by atoms with E-state index in [0.29, 0.717) is 0 Å². The number of nitrogens with zero attached hydrogens (tertiary/aromatic N) is 2. The van der Waals surface area contributed by atoms with Crippen LogP contribution in [0.2, 0.25) is 0 Å². The molecule has 1 heterocycles. The molecule has 0 spiro atoms. The second-order valence-electron chi connectivity index (χ2n) is 3.46. The molecule has 0 amide bonds. The summed E-state index contributed by atoms with van der Waals surface area (Å²) in [6.07, 6.45) is 1.73. The average molecular weight is 195 g/mol. The van der Waals surface area contributed by atoms with E-state index in [9.17, 15) is 0 Å². The largest absolute Gasteiger partial charge is 0.495 e. The zero-order valence-electron chi connectivity index (χ0n) is 8.90. The molecule has 0 aliphatic rings. The topological polar surface area (TPSA) is 51.4 Å². The van der Waals surface area contributed by atoms with Crippen molar-refractivity contribution in [1.82, 2.24) is 9.88 Å². The lowest BCUT2D eigenvalue weighted by atomic mass is 10.2. The maximum absolute atomic E-state index is 5.99. The fraction of sp³-hybridized carbons (Fsp3) is 0.500. The Morgan fingerprint density at radius 1 is 1.57 bits per heavy atom. The fourth-order valence-corrected chi connectivity index (χ4v) is 1.33. The Hall–Kier alpha value is -1.13. The predicted molar refractivity (Wildman–Crippen MR) is 56.3 cm³/mol. The third-order valence-electron chi connectivity index (χ3n) is 1.93. The Bertz CT molecular complexity index is 288.